The number of nitrogens with one attached hydrogen (secondary N) is 2. The van der Waals surface area contributed by atoms with Crippen LogP contribution in [0.25, 0.3) is 10.4 Å². The minimum absolute atomic E-state index is 0.0708. The molecule has 0 spiro atoms. The van der Waals surface area contributed by atoms with Crippen LogP contribution in [0, 0.1) is 10.1 Å². The van der Waals surface area contributed by atoms with Gasteiger partial charge in [-0.15, -0.1) is 0 Å². The number of benzene rings is 1. The Bertz CT molecular complexity index is 694. The average molecular weight is 525 g/mol. The van der Waals surface area contributed by atoms with E-state index in [1.54, 1.807) is 6.07 Å². The Morgan fingerprint density at radius 1 is 1.15 bits per heavy atom. The zero-order chi connectivity index (χ0) is 18.9. The summed E-state index contributed by atoms with van der Waals surface area (Å²) >= 11 is 8.01. The molecule has 0 saturated heterocycles. The summed E-state index contributed by atoms with van der Waals surface area (Å²) in [4.78, 5) is 11.4. The Labute approximate surface area is 175 Å². The van der Waals surface area contributed by atoms with Crippen molar-refractivity contribution < 1.29 is 9.45 Å². The lowest BCUT2D eigenvalue weighted by Crippen LogP contribution is -2.23. The second-order valence-corrected chi connectivity index (χ2v) is 9.33. The third-order valence-corrected chi connectivity index (χ3v) is 6.83. The van der Waals surface area contributed by atoms with Crippen molar-refractivity contribution in [3.05, 3.63) is 52.1 Å². The fourth-order valence-corrected chi connectivity index (χ4v) is 5.30. The van der Waals surface area contributed by atoms with Crippen molar-refractivity contribution in [1.29, 1.82) is 0 Å². The molecule has 10 heteroatoms. The van der Waals surface area contributed by atoms with Crippen LogP contribution in [0.2, 0.25) is 0 Å². The molecule has 0 bridgehead atoms. The van der Waals surface area contributed by atoms with Crippen LogP contribution in [-0.4, -0.2) is 28.7 Å². The molecule has 1 aromatic carbocycles. The summed E-state index contributed by atoms with van der Waals surface area (Å²) in [6.45, 7) is 3.67. The van der Waals surface area contributed by atoms with Gasteiger partial charge >= 0.3 is 5.00 Å². The van der Waals surface area contributed by atoms with Crippen molar-refractivity contribution in [2.45, 2.75) is 13.0 Å². The summed E-state index contributed by atoms with van der Waals surface area (Å²) in [5, 5.41) is 19.4. The molecule has 2 N–H and O–H groups in total. The Kier molecular flexibility index (Phi) is 9.63. The smallest absolute Gasteiger partial charge is 0.324 e. The highest BCUT2D eigenvalue weighted by Crippen LogP contribution is 2.36. The predicted octanol–water partition coefficient (Wildman–Crippen LogP) is 5.60. The Morgan fingerprint density at radius 2 is 1.77 bits per heavy atom. The number of rotatable bonds is 11. The van der Waals surface area contributed by atoms with E-state index in [-0.39, 0.29) is 16.0 Å². The molecule has 0 aliphatic rings. The molecular weight excluding hydrogens is 505 g/mol. The van der Waals surface area contributed by atoms with Gasteiger partial charge in [0.2, 0.25) is 0 Å². The third kappa shape index (κ3) is 6.64. The zero-order valence-corrected chi connectivity index (χ0v) is 19.0. The molecule has 26 heavy (non-hydrogen) atoms. The van der Waals surface area contributed by atoms with Gasteiger partial charge in [0.25, 0.3) is 0 Å². The molecule has 6 nitrogen and oxygen atoms in total. The van der Waals surface area contributed by atoms with Gasteiger partial charge in [0.1, 0.15) is 0 Å². The number of nitrogens with zero attached hydrogens (tertiary/aromatic N) is 1. The standard InChI is InChI=1S/C16H20Br2N3O3PS/c1-12(24-25(19-10-8-17)20-11-9-18)13-2-4-14(5-3-13)15-6-7-16(26-15)21(22)23/h2-7,12,19-20H,8-11H2,1H3. The Hall–Kier alpha value is -0.410. The number of halogens is 2. The first-order valence-corrected chi connectivity index (χ1v) is 12.3. The molecule has 0 fully saturated rings. The first-order valence-electron chi connectivity index (χ1n) is 7.95. The Morgan fingerprint density at radius 3 is 2.27 bits per heavy atom. The monoisotopic (exact) mass is 523 g/mol. The summed E-state index contributed by atoms with van der Waals surface area (Å²) in [6, 6.07) is 11.3. The summed E-state index contributed by atoms with van der Waals surface area (Å²) in [7, 11) is -0.924. The fourth-order valence-electron chi connectivity index (χ4n) is 2.14. The lowest BCUT2D eigenvalue weighted by molar-refractivity contribution is -0.380. The molecule has 2 aromatic rings. The highest BCUT2D eigenvalue weighted by Gasteiger charge is 2.15. The van der Waals surface area contributed by atoms with Crippen molar-refractivity contribution >= 4 is 56.6 Å². The van der Waals surface area contributed by atoms with Crippen molar-refractivity contribution in [2.75, 3.05) is 23.7 Å². The lowest BCUT2D eigenvalue weighted by atomic mass is 10.1. The average Bonchev–Trinajstić information content (AvgIpc) is 3.14. The van der Waals surface area contributed by atoms with E-state index in [0.717, 1.165) is 39.8 Å². The van der Waals surface area contributed by atoms with Crippen LogP contribution in [0.1, 0.15) is 18.6 Å². The van der Waals surface area contributed by atoms with Crippen LogP contribution >= 0.6 is 51.6 Å². The van der Waals surface area contributed by atoms with E-state index in [9.17, 15) is 10.1 Å². The maximum absolute atomic E-state index is 10.8. The molecule has 0 radical (unpaired) electrons. The SMILES string of the molecule is CC(OP(NCCBr)NCCBr)c1ccc(-c2ccc([N+](=O)[O-])s2)cc1. The molecule has 2 rings (SSSR count). The van der Waals surface area contributed by atoms with E-state index in [0.29, 0.717) is 0 Å². The number of nitro groups is 1. The summed E-state index contributed by atoms with van der Waals surface area (Å²) in [5.41, 5.74) is 2.03. The second-order valence-electron chi connectivity index (χ2n) is 5.25. The van der Waals surface area contributed by atoms with E-state index < -0.39 is 8.45 Å². The van der Waals surface area contributed by atoms with Gasteiger partial charge in [0.05, 0.1) is 11.0 Å². The van der Waals surface area contributed by atoms with E-state index >= 15 is 0 Å². The lowest BCUT2D eigenvalue weighted by Gasteiger charge is -2.23. The highest BCUT2D eigenvalue weighted by atomic mass is 79.9. The van der Waals surface area contributed by atoms with Gasteiger partial charge in [-0.2, -0.15) is 0 Å². The van der Waals surface area contributed by atoms with Gasteiger partial charge in [-0.1, -0.05) is 67.5 Å². The largest absolute Gasteiger partial charge is 0.324 e. The quantitative estimate of drug-likeness (QED) is 0.173. The van der Waals surface area contributed by atoms with Gasteiger partial charge in [0.15, 0.2) is 8.45 Å². The summed E-state index contributed by atoms with van der Waals surface area (Å²) in [6.07, 6.45) is -0.0708. The van der Waals surface area contributed by atoms with Crippen LogP contribution in [0.5, 0.6) is 0 Å². The van der Waals surface area contributed by atoms with Crippen molar-refractivity contribution in [3.63, 3.8) is 0 Å². The van der Waals surface area contributed by atoms with Crippen LogP contribution < -0.4 is 10.2 Å². The first kappa shape index (κ1) is 21.9. The molecule has 1 heterocycles. The van der Waals surface area contributed by atoms with E-state index in [1.807, 2.05) is 31.2 Å². The predicted molar refractivity (Wildman–Crippen MR) is 116 cm³/mol. The summed E-state index contributed by atoms with van der Waals surface area (Å²) < 4.78 is 6.14. The zero-order valence-electron chi connectivity index (χ0n) is 14.2. The maximum Gasteiger partial charge on any atom is 0.324 e. The van der Waals surface area contributed by atoms with E-state index in [4.69, 9.17) is 4.52 Å². The Balaban J connectivity index is 2.01. The molecule has 1 unspecified atom stereocenters. The maximum atomic E-state index is 10.8. The van der Waals surface area contributed by atoms with Gasteiger partial charge < -0.3 is 4.52 Å². The molecule has 1 aromatic heterocycles. The van der Waals surface area contributed by atoms with Crippen LogP contribution in [0.15, 0.2) is 36.4 Å². The normalized spacial score (nSPS) is 12.5. The van der Waals surface area contributed by atoms with Gasteiger partial charge in [-0.25, -0.2) is 0 Å². The molecule has 0 amide bonds. The van der Waals surface area contributed by atoms with Gasteiger partial charge in [-0.05, 0) is 24.1 Å². The fraction of sp³-hybridized carbons (Fsp3) is 0.375. The van der Waals surface area contributed by atoms with Crippen LogP contribution in [0.4, 0.5) is 5.00 Å². The van der Waals surface area contributed by atoms with E-state index in [1.165, 1.54) is 17.4 Å². The third-order valence-electron chi connectivity index (χ3n) is 3.40. The van der Waals surface area contributed by atoms with Gasteiger partial charge in [-0.3, -0.25) is 20.3 Å². The molecule has 142 valence electrons. The van der Waals surface area contributed by atoms with E-state index in [2.05, 4.69) is 42.0 Å². The highest BCUT2D eigenvalue weighted by molar-refractivity contribution is 9.09. The second kappa shape index (κ2) is 11.4. The van der Waals surface area contributed by atoms with Crippen LogP contribution in [0.3, 0.4) is 0 Å². The summed E-state index contributed by atoms with van der Waals surface area (Å²) in [5.74, 6) is 0. The first-order chi connectivity index (χ1) is 12.5. The molecular formula is C16H20Br2N3O3PS. The number of hydrogen-bond donors (Lipinski definition) is 2. The molecule has 0 aliphatic carbocycles. The molecule has 0 aliphatic heterocycles. The minimum Gasteiger partial charge on any atom is -0.324 e. The molecule has 1 atom stereocenters. The minimum atomic E-state index is -0.924. The van der Waals surface area contributed by atoms with Crippen LogP contribution in [-0.2, 0) is 4.52 Å². The van der Waals surface area contributed by atoms with Crippen molar-refractivity contribution in [2.24, 2.45) is 0 Å². The number of thiophene rings is 1. The van der Waals surface area contributed by atoms with Gasteiger partial charge in [0, 0.05) is 34.7 Å². The topological polar surface area (TPSA) is 76.4 Å². The number of hydrogen-bond acceptors (Lipinski definition) is 6. The molecule has 0 saturated carbocycles. The van der Waals surface area contributed by atoms with Crippen molar-refractivity contribution in [3.8, 4) is 10.4 Å². The van der Waals surface area contributed by atoms with Crippen molar-refractivity contribution in [1.82, 2.24) is 10.2 Å². The number of alkyl halides is 2.